The zero-order valence-electron chi connectivity index (χ0n) is 7.95. The first-order chi connectivity index (χ1) is 6.27. The molecule has 1 aromatic rings. The molecule has 0 spiro atoms. The van der Waals surface area contributed by atoms with Crippen LogP contribution in [0.15, 0.2) is 6.20 Å². The Kier molecular flexibility index (Phi) is 2.12. The van der Waals surface area contributed by atoms with Gasteiger partial charge in [0, 0.05) is 13.1 Å². The summed E-state index contributed by atoms with van der Waals surface area (Å²) in [4.78, 5) is 2.30. The Balaban J connectivity index is 2.06. The van der Waals surface area contributed by atoms with Crippen LogP contribution < -0.4 is 10.6 Å². The van der Waals surface area contributed by atoms with Crippen LogP contribution in [0.4, 0.5) is 11.5 Å². The van der Waals surface area contributed by atoms with Crippen LogP contribution in [0.1, 0.15) is 19.8 Å². The molecule has 1 aliphatic rings. The molecule has 72 valence electrons. The Morgan fingerprint density at radius 2 is 2.23 bits per heavy atom. The average Bonchev–Trinajstić information content (AvgIpc) is 2.53. The molecule has 0 saturated carbocycles. The molecule has 1 saturated heterocycles. The van der Waals surface area contributed by atoms with E-state index in [0.717, 1.165) is 24.7 Å². The normalized spacial score (nSPS) is 19.3. The van der Waals surface area contributed by atoms with Gasteiger partial charge in [0.25, 0.3) is 0 Å². The van der Waals surface area contributed by atoms with Gasteiger partial charge in [-0.25, -0.2) is 0 Å². The van der Waals surface area contributed by atoms with E-state index < -0.39 is 0 Å². The van der Waals surface area contributed by atoms with Crippen molar-refractivity contribution in [2.24, 2.45) is 5.92 Å². The molecule has 2 rings (SSSR count). The molecule has 1 aromatic heterocycles. The Morgan fingerprint density at radius 1 is 1.54 bits per heavy atom. The van der Waals surface area contributed by atoms with Crippen LogP contribution in [-0.2, 0) is 0 Å². The second-order valence-corrected chi connectivity index (χ2v) is 3.84. The third kappa shape index (κ3) is 1.61. The fourth-order valence-electron chi connectivity index (χ4n) is 1.79. The summed E-state index contributed by atoms with van der Waals surface area (Å²) < 4.78 is 0. The molecule has 1 aliphatic heterocycles. The summed E-state index contributed by atoms with van der Waals surface area (Å²) in [6.45, 7) is 4.51. The monoisotopic (exact) mass is 180 g/mol. The molecule has 13 heavy (non-hydrogen) atoms. The molecule has 2 heterocycles. The van der Waals surface area contributed by atoms with Gasteiger partial charge in [-0.15, -0.1) is 0 Å². The highest BCUT2D eigenvalue weighted by atomic mass is 15.2. The number of piperidine rings is 1. The first kappa shape index (κ1) is 8.41. The van der Waals surface area contributed by atoms with E-state index in [0.29, 0.717) is 5.82 Å². The standard InChI is InChI=1S/C9H16N4/c1-7-2-4-13(5-3-7)8-6-11-12-9(8)10/h6-7H,2-5H2,1H3,(H3,10,11,12). The minimum absolute atomic E-state index is 0.689. The highest BCUT2D eigenvalue weighted by Crippen LogP contribution is 2.25. The summed E-state index contributed by atoms with van der Waals surface area (Å²) in [5.41, 5.74) is 6.81. The van der Waals surface area contributed by atoms with Crippen LogP contribution in [0.5, 0.6) is 0 Å². The van der Waals surface area contributed by atoms with Gasteiger partial charge in [0.05, 0.1) is 11.9 Å². The fraction of sp³-hybridized carbons (Fsp3) is 0.667. The zero-order chi connectivity index (χ0) is 9.26. The van der Waals surface area contributed by atoms with E-state index in [2.05, 4.69) is 22.0 Å². The predicted octanol–water partition coefficient (Wildman–Crippen LogP) is 1.23. The fourth-order valence-corrected chi connectivity index (χ4v) is 1.79. The van der Waals surface area contributed by atoms with Gasteiger partial charge >= 0.3 is 0 Å². The van der Waals surface area contributed by atoms with Gasteiger partial charge in [-0.2, -0.15) is 5.10 Å². The molecule has 0 aliphatic carbocycles. The van der Waals surface area contributed by atoms with E-state index >= 15 is 0 Å². The number of H-pyrrole nitrogens is 1. The molecular formula is C9H16N4. The van der Waals surface area contributed by atoms with Crippen molar-refractivity contribution in [2.75, 3.05) is 23.7 Å². The molecule has 0 atom stereocenters. The van der Waals surface area contributed by atoms with Crippen molar-refractivity contribution in [2.45, 2.75) is 19.8 Å². The number of nitrogen functional groups attached to an aromatic ring is 1. The number of anilines is 2. The van der Waals surface area contributed by atoms with Crippen molar-refractivity contribution < 1.29 is 0 Å². The van der Waals surface area contributed by atoms with Gasteiger partial charge in [-0.05, 0) is 18.8 Å². The maximum atomic E-state index is 5.75. The number of hydrogen-bond acceptors (Lipinski definition) is 3. The van der Waals surface area contributed by atoms with Gasteiger partial charge in [0.1, 0.15) is 5.82 Å². The van der Waals surface area contributed by atoms with Crippen LogP contribution in [0.25, 0.3) is 0 Å². The van der Waals surface area contributed by atoms with Crippen molar-refractivity contribution in [1.29, 1.82) is 0 Å². The molecule has 0 bridgehead atoms. The van der Waals surface area contributed by atoms with Crippen LogP contribution in [0.2, 0.25) is 0 Å². The van der Waals surface area contributed by atoms with Gasteiger partial charge in [0.2, 0.25) is 0 Å². The summed E-state index contributed by atoms with van der Waals surface area (Å²) in [6, 6.07) is 0. The van der Waals surface area contributed by atoms with Crippen molar-refractivity contribution in [1.82, 2.24) is 10.2 Å². The summed E-state index contributed by atoms with van der Waals surface area (Å²) in [6.07, 6.45) is 4.32. The molecule has 0 aromatic carbocycles. The minimum Gasteiger partial charge on any atom is -0.382 e. The number of rotatable bonds is 1. The van der Waals surface area contributed by atoms with E-state index in [1.165, 1.54) is 12.8 Å². The van der Waals surface area contributed by atoms with Crippen LogP contribution in [0.3, 0.4) is 0 Å². The van der Waals surface area contributed by atoms with Gasteiger partial charge < -0.3 is 10.6 Å². The van der Waals surface area contributed by atoms with Crippen LogP contribution in [-0.4, -0.2) is 23.3 Å². The van der Waals surface area contributed by atoms with Gasteiger partial charge in [-0.1, -0.05) is 6.92 Å². The first-order valence-corrected chi connectivity index (χ1v) is 4.81. The highest BCUT2D eigenvalue weighted by molar-refractivity contribution is 5.62. The molecule has 0 amide bonds. The molecule has 4 heteroatoms. The lowest BCUT2D eigenvalue weighted by Crippen LogP contribution is -2.32. The van der Waals surface area contributed by atoms with E-state index in [-0.39, 0.29) is 0 Å². The van der Waals surface area contributed by atoms with Gasteiger partial charge in [-0.3, -0.25) is 5.10 Å². The number of aromatic amines is 1. The smallest absolute Gasteiger partial charge is 0.142 e. The molecule has 1 fully saturated rings. The predicted molar refractivity (Wildman–Crippen MR) is 53.6 cm³/mol. The Labute approximate surface area is 78.1 Å². The largest absolute Gasteiger partial charge is 0.382 e. The molecule has 0 unspecified atom stereocenters. The minimum atomic E-state index is 0.689. The first-order valence-electron chi connectivity index (χ1n) is 4.81. The SMILES string of the molecule is CC1CCN(c2cn[nH]c2N)CC1. The van der Waals surface area contributed by atoms with Crippen molar-refractivity contribution in [3.8, 4) is 0 Å². The second-order valence-electron chi connectivity index (χ2n) is 3.84. The Morgan fingerprint density at radius 3 is 2.77 bits per heavy atom. The number of hydrogen-bond donors (Lipinski definition) is 2. The lowest BCUT2D eigenvalue weighted by Gasteiger charge is -2.31. The topological polar surface area (TPSA) is 57.9 Å². The maximum Gasteiger partial charge on any atom is 0.142 e. The lowest BCUT2D eigenvalue weighted by molar-refractivity contribution is 0.439. The van der Waals surface area contributed by atoms with Crippen molar-refractivity contribution >= 4 is 11.5 Å². The molecule has 4 nitrogen and oxygen atoms in total. The summed E-state index contributed by atoms with van der Waals surface area (Å²) in [5.74, 6) is 1.54. The van der Waals surface area contributed by atoms with E-state index in [4.69, 9.17) is 5.73 Å². The van der Waals surface area contributed by atoms with E-state index in [1.54, 1.807) is 0 Å². The maximum absolute atomic E-state index is 5.75. The Bertz CT molecular complexity index is 273. The average molecular weight is 180 g/mol. The van der Waals surface area contributed by atoms with Crippen LogP contribution in [0, 0.1) is 5.92 Å². The summed E-state index contributed by atoms with van der Waals surface area (Å²) >= 11 is 0. The number of nitrogens with zero attached hydrogens (tertiary/aromatic N) is 2. The number of nitrogens with two attached hydrogens (primary N) is 1. The van der Waals surface area contributed by atoms with Crippen molar-refractivity contribution in [3.05, 3.63) is 6.20 Å². The van der Waals surface area contributed by atoms with E-state index in [9.17, 15) is 0 Å². The second kappa shape index (κ2) is 3.28. The van der Waals surface area contributed by atoms with Crippen molar-refractivity contribution in [3.63, 3.8) is 0 Å². The Hall–Kier alpha value is -1.19. The molecule has 3 N–H and O–H groups in total. The summed E-state index contributed by atoms with van der Waals surface area (Å²) in [5, 5.41) is 6.69. The lowest BCUT2D eigenvalue weighted by atomic mass is 9.99. The third-order valence-electron chi connectivity index (χ3n) is 2.77. The number of aromatic nitrogens is 2. The highest BCUT2D eigenvalue weighted by Gasteiger charge is 2.18. The van der Waals surface area contributed by atoms with Gasteiger partial charge in [0.15, 0.2) is 0 Å². The van der Waals surface area contributed by atoms with Crippen LogP contribution >= 0.6 is 0 Å². The van der Waals surface area contributed by atoms with E-state index in [1.807, 2.05) is 6.20 Å². The molecular weight excluding hydrogens is 164 g/mol. The quantitative estimate of drug-likeness (QED) is 0.683. The zero-order valence-corrected chi connectivity index (χ0v) is 7.95. The summed E-state index contributed by atoms with van der Waals surface area (Å²) in [7, 11) is 0. The number of nitrogens with one attached hydrogen (secondary N) is 1. The third-order valence-corrected chi connectivity index (χ3v) is 2.77. The molecule has 0 radical (unpaired) electrons.